The molecular weight excluding hydrogens is 244 g/mol. The highest BCUT2D eigenvalue weighted by Crippen LogP contribution is 2.27. The molecule has 0 saturated carbocycles. The Morgan fingerprint density at radius 1 is 1.53 bits per heavy atom. The Kier molecular flexibility index (Phi) is 4.31. The first kappa shape index (κ1) is 13.7. The largest absolute Gasteiger partial charge is 0.356 e. The minimum absolute atomic E-state index is 0.0549. The molecule has 1 aliphatic heterocycles. The van der Waals surface area contributed by atoms with E-state index in [0.717, 1.165) is 50.3 Å². The Balaban J connectivity index is 2.05. The van der Waals surface area contributed by atoms with Gasteiger partial charge >= 0.3 is 0 Å². The van der Waals surface area contributed by atoms with Crippen molar-refractivity contribution in [3.05, 3.63) is 27.9 Å². The monoisotopic (exact) mass is 264 g/mol. The number of hydrogen-bond donors (Lipinski definition) is 1. The second-order valence-corrected chi connectivity index (χ2v) is 5.10. The van der Waals surface area contributed by atoms with Crippen molar-refractivity contribution in [1.29, 1.82) is 0 Å². The lowest BCUT2D eigenvalue weighted by molar-refractivity contribution is -0.385. The maximum Gasteiger partial charge on any atom is 0.287 e. The molecule has 19 heavy (non-hydrogen) atoms. The van der Waals surface area contributed by atoms with Crippen molar-refractivity contribution < 1.29 is 4.92 Å². The zero-order chi connectivity index (χ0) is 13.8. The number of aromatic nitrogens is 1. The lowest BCUT2D eigenvalue weighted by Crippen LogP contribution is -2.35. The number of anilines is 1. The molecule has 0 aromatic carbocycles. The van der Waals surface area contributed by atoms with Gasteiger partial charge < -0.3 is 10.6 Å². The number of piperidine rings is 1. The van der Waals surface area contributed by atoms with Gasteiger partial charge in [0.15, 0.2) is 0 Å². The lowest BCUT2D eigenvalue weighted by Gasteiger charge is -2.33. The van der Waals surface area contributed by atoms with Crippen LogP contribution in [0.5, 0.6) is 0 Å². The molecule has 2 heterocycles. The summed E-state index contributed by atoms with van der Waals surface area (Å²) in [4.78, 5) is 16.8. The topological polar surface area (TPSA) is 85.3 Å². The van der Waals surface area contributed by atoms with Gasteiger partial charge in [-0.1, -0.05) is 0 Å². The van der Waals surface area contributed by atoms with E-state index in [2.05, 4.69) is 9.88 Å². The van der Waals surface area contributed by atoms with Crippen molar-refractivity contribution in [1.82, 2.24) is 4.98 Å². The molecule has 1 saturated heterocycles. The second-order valence-electron chi connectivity index (χ2n) is 5.10. The maximum absolute atomic E-state index is 10.7. The van der Waals surface area contributed by atoms with Crippen molar-refractivity contribution in [2.24, 2.45) is 11.7 Å². The van der Waals surface area contributed by atoms with Crippen molar-refractivity contribution in [2.75, 3.05) is 24.5 Å². The highest BCUT2D eigenvalue weighted by atomic mass is 16.6. The van der Waals surface area contributed by atoms with Crippen LogP contribution < -0.4 is 10.6 Å². The van der Waals surface area contributed by atoms with E-state index in [-0.39, 0.29) is 5.69 Å². The van der Waals surface area contributed by atoms with Crippen LogP contribution in [0.4, 0.5) is 11.5 Å². The molecule has 0 atom stereocenters. The van der Waals surface area contributed by atoms with Gasteiger partial charge in [0, 0.05) is 19.2 Å². The third-order valence-corrected chi connectivity index (χ3v) is 3.74. The summed E-state index contributed by atoms with van der Waals surface area (Å²) >= 11 is 0. The summed E-state index contributed by atoms with van der Waals surface area (Å²) in [5, 5.41) is 10.7. The fraction of sp³-hybridized carbons (Fsp3) is 0.615. The summed E-state index contributed by atoms with van der Waals surface area (Å²) in [6.45, 7) is 4.54. The number of nitro groups is 1. The number of hydrogen-bond acceptors (Lipinski definition) is 5. The minimum Gasteiger partial charge on any atom is -0.356 e. The number of aryl methyl sites for hydroxylation is 1. The average molecular weight is 264 g/mol. The summed E-state index contributed by atoms with van der Waals surface area (Å²) < 4.78 is 0. The predicted molar refractivity (Wildman–Crippen MR) is 74.2 cm³/mol. The minimum atomic E-state index is -0.405. The van der Waals surface area contributed by atoms with Gasteiger partial charge in [-0.15, -0.1) is 0 Å². The summed E-state index contributed by atoms with van der Waals surface area (Å²) in [5.41, 5.74) is 6.51. The van der Waals surface area contributed by atoms with Crippen LogP contribution in [0.3, 0.4) is 0 Å². The van der Waals surface area contributed by atoms with Crippen LogP contribution in [-0.2, 0) is 0 Å². The Bertz CT molecular complexity index is 456. The van der Waals surface area contributed by atoms with E-state index in [1.165, 1.54) is 6.20 Å². The van der Waals surface area contributed by atoms with Crippen LogP contribution in [0.25, 0.3) is 0 Å². The lowest BCUT2D eigenvalue weighted by atomic mass is 9.93. The standard InChI is InChI=1S/C13H20N4O2/c1-10-8-12(17(18)19)9-15-13(10)16-6-3-11(2-5-14)4-7-16/h8-9,11H,2-7,14H2,1H3. The van der Waals surface area contributed by atoms with Crippen LogP contribution in [0, 0.1) is 23.0 Å². The number of nitrogens with zero attached hydrogens (tertiary/aromatic N) is 3. The Morgan fingerprint density at radius 3 is 2.74 bits per heavy atom. The number of pyridine rings is 1. The molecule has 2 N–H and O–H groups in total. The average Bonchev–Trinajstić information content (AvgIpc) is 2.40. The Morgan fingerprint density at radius 2 is 2.21 bits per heavy atom. The smallest absolute Gasteiger partial charge is 0.287 e. The second kappa shape index (κ2) is 5.97. The molecule has 0 unspecified atom stereocenters. The van der Waals surface area contributed by atoms with E-state index < -0.39 is 4.92 Å². The van der Waals surface area contributed by atoms with E-state index in [4.69, 9.17) is 5.73 Å². The van der Waals surface area contributed by atoms with E-state index in [9.17, 15) is 10.1 Å². The molecule has 1 aromatic rings. The quantitative estimate of drug-likeness (QED) is 0.662. The van der Waals surface area contributed by atoms with E-state index in [1.807, 2.05) is 6.92 Å². The van der Waals surface area contributed by atoms with Crippen LogP contribution >= 0.6 is 0 Å². The van der Waals surface area contributed by atoms with Crippen molar-refractivity contribution in [2.45, 2.75) is 26.2 Å². The molecule has 0 aliphatic carbocycles. The summed E-state index contributed by atoms with van der Waals surface area (Å²) in [5.74, 6) is 1.58. The van der Waals surface area contributed by atoms with Gasteiger partial charge in [-0.25, -0.2) is 4.98 Å². The molecule has 6 heteroatoms. The highest BCUT2D eigenvalue weighted by Gasteiger charge is 2.21. The summed E-state index contributed by atoms with van der Waals surface area (Å²) in [6, 6.07) is 1.59. The van der Waals surface area contributed by atoms with Gasteiger partial charge in [0.05, 0.1) is 4.92 Å². The van der Waals surface area contributed by atoms with Crippen LogP contribution in [0.1, 0.15) is 24.8 Å². The van der Waals surface area contributed by atoms with Crippen molar-refractivity contribution in [3.8, 4) is 0 Å². The van der Waals surface area contributed by atoms with Gasteiger partial charge in [0.2, 0.25) is 0 Å². The van der Waals surface area contributed by atoms with Gasteiger partial charge in [0.1, 0.15) is 12.0 Å². The van der Waals surface area contributed by atoms with Crippen LogP contribution in [0.2, 0.25) is 0 Å². The van der Waals surface area contributed by atoms with Crippen molar-refractivity contribution >= 4 is 11.5 Å². The van der Waals surface area contributed by atoms with Gasteiger partial charge in [-0.2, -0.15) is 0 Å². The predicted octanol–water partition coefficient (Wildman–Crippen LogP) is 1.86. The number of rotatable bonds is 4. The fourth-order valence-electron chi connectivity index (χ4n) is 2.65. The Labute approximate surface area is 112 Å². The molecule has 6 nitrogen and oxygen atoms in total. The van der Waals surface area contributed by atoms with E-state index in [1.54, 1.807) is 6.07 Å². The molecule has 2 rings (SSSR count). The fourth-order valence-corrected chi connectivity index (χ4v) is 2.65. The first-order valence-corrected chi connectivity index (χ1v) is 6.68. The molecule has 1 fully saturated rings. The summed E-state index contributed by atoms with van der Waals surface area (Å²) in [7, 11) is 0. The highest BCUT2D eigenvalue weighted by molar-refractivity contribution is 5.50. The zero-order valence-corrected chi connectivity index (χ0v) is 11.2. The van der Waals surface area contributed by atoms with E-state index in [0.29, 0.717) is 5.92 Å². The van der Waals surface area contributed by atoms with Gasteiger partial charge in [-0.05, 0) is 44.2 Å². The molecule has 0 bridgehead atoms. The first-order chi connectivity index (χ1) is 9.11. The normalized spacial score (nSPS) is 16.6. The molecular formula is C13H20N4O2. The third kappa shape index (κ3) is 3.20. The Hall–Kier alpha value is -1.69. The maximum atomic E-state index is 10.7. The SMILES string of the molecule is Cc1cc([N+](=O)[O-])cnc1N1CCC(CCN)CC1. The molecule has 0 radical (unpaired) electrons. The first-order valence-electron chi connectivity index (χ1n) is 6.68. The zero-order valence-electron chi connectivity index (χ0n) is 11.2. The summed E-state index contributed by atoms with van der Waals surface area (Å²) in [6.07, 6.45) is 4.67. The van der Waals surface area contributed by atoms with Crippen molar-refractivity contribution in [3.63, 3.8) is 0 Å². The number of nitrogens with two attached hydrogens (primary N) is 1. The van der Waals surface area contributed by atoms with Crippen LogP contribution in [-0.4, -0.2) is 29.5 Å². The van der Waals surface area contributed by atoms with Gasteiger partial charge in [0.25, 0.3) is 5.69 Å². The third-order valence-electron chi connectivity index (χ3n) is 3.74. The van der Waals surface area contributed by atoms with Crippen LogP contribution in [0.15, 0.2) is 12.3 Å². The molecule has 0 amide bonds. The molecule has 0 spiro atoms. The molecule has 104 valence electrons. The van der Waals surface area contributed by atoms with E-state index >= 15 is 0 Å². The molecule has 1 aromatic heterocycles. The van der Waals surface area contributed by atoms with Gasteiger partial charge in [-0.3, -0.25) is 10.1 Å². The molecule has 1 aliphatic rings.